The molecule has 2 N–H and O–H groups in total. The Labute approximate surface area is 135 Å². The highest BCUT2D eigenvalue weighted by atomic mass is 16.3. The second-order valence-corrected chi connectivity index (χ2v) is 5.57. The van der Waals surface area contributed by atoms with Gasteiger partial charge in [0.2, 0.25) is 0 Å². The average molecular weight is 311 g/mol. The molecule has 0 aliphatic rings. The predicted molar refractivity (Wildman–Crippen MR) is 89.4 cm³/mol. The van der Waals surface area contributed by atoms with E-state index >= 15 is 0 Å². The summed E-state index contributed by atoms with van der Waals surface area (Å²) in [6.07, 6.45) is 4.14. The topological polar surface area (TPSA) is 75.3 Å². The van der Waals surface area contributed by atoms with Crippen LogP contribution in [0.1, 0.15) is 24.6 Å². The first-order chi connectivity index (χ1) is 11.3. The van der Waals surface area contributed by atoms with Crippen molar-refractivity contribution < 1.29 is 5.11 Å². The molecule has 0 bridgehead atoms. The molecule has 0 aliphatic heterocycles. The third kappa shape index (κ3) is 3.65. The van der Waals surface area contributed by atoms with Crippen LogP contribution >= 0.6 is 0 Å². The van der Waals surface area contributed by atoms with E-state index in [0.29, 0.717) is 5.78 Å². The number of hydrogen-bond donors (Lipinski definition) is 2. The number of hydrogen-bond acceptors (Lipinski definition) is 5. The van der Waals surface area contributed by atoms with Gasteiger partial charge in [-0.15, -0.1) is 0 Å². The highest BCUT2D eigenvalue weighted by Gasteiger charge is 2.13. The van der Waals surface area contributed by atoms with Gasteiger partial charge >= 0.3 is 0 Å². The van der Waals surface area contributed by atoms with Gasteiger partial charge in [-0.2, -0.15) is 14.6 Å². The Bertz CT molecular complexity index is 756. The van der Waals surface area contributed by atoms with Gasteiger partial charge in [-0.1, -0.05) is 43.7 Å². The predicted octanol–water partition coefficient (Wildman–Crippen LogP) is 2.09. The number of aromatic nitrogens is 4. The highest BCUT2D eigenvalue weighted by Crippen LogP contribution is 2.15. The molecule has 3 rings (SSSR count). The zero-order valence-electron chi connectivity index (χ0n) is 13.2. The molecule has 1 atom stereocenters. The van der Waals surface area contributed by atoms with Gasteiger partial charge in [0.05, 0.1) is 12.6 Å². The first kappa shape index (κ1) is 15.4. The smallest absolute Gasteiger partial charge is 0.254 e. The summed E-state index contributed by atoms with van der Waals surface area (Å²) >= 11 is 0. The summed E-state index contributed by atoms with van der Waals surface area (Å²) in [6.45, 7) is 2.16. The summed E-state index contributed by atoms with van der Waals surface area (Å²) in [5.74, 6) is 1.39. The quantitative estimate of drug-likeness (QED) is 0.699. The van der Waals surface area contributed by atoms with Crippen molar-refractivity contribution in [3.8, 4) is 0 Å². The first-order valence-electron chi connectivity index (χ1n) is 7.91. The summed E-state index contributed by atoms with van der Waals surface area (Å²) in [6, 6.07) is 12.0. The minimum atomic E-state index is -0.0957. The maximum Gasteiger partial charge on any atom is 0.254 e. The summed E-state index contributed by atoms with van der Waals surface area (Å²) < 4.78 is 1.67. The van der Waals surface area contributed by atoms with Crippen molar-refractivity contribution in [1.82, 2.24) is 19.6 Å². The van der Waals surface area contributed by atoms with Gasteiger partial charge in [0.15, 0.2) is 0 Å². The Kier molecular flexibility index (Phi) is 4.83. The molecule has 0 fully saturated rings. The summed E-state index contributed by atoms with van der Waals surface area (Å²) in [7, 11) is 0. The molecule has 120 valence electrons. The normalized spacial score (nSPS) is 12.4. The zero-order chi connectivity index (χ0) is 16.1. The number of nitrogens with zero attached hydrogens (tertiary/aromatic N) is 4. The fraction of sp³-hybridized carbons (Fsp3) is 0.353. The van der Waals surface area contributed by atoms with Gasteiger partial charge in [-0.05, 0) is 18.4 Å². The number of aliphatic hydroxyl groups excluding tert-OH is 1. The molecule has 6 heteroatoms. The molecule has 0 amide bonds. The van der Waals surface area contributed by atoms with Crippen molar-refractivity contribution in [2.24, 2.45) is 0 Å². The molecular formula is C17H21N5O. The van der Waals surface area contributed by atoms with Gasteiger partial charge in [0.1, 0.15) is 12.1 Å². The number of rotatable bonds is 7. The molecule has 0 aliphatic carbocycles. The Balaban J connectivity index is 1.84. The minimum absolute atomic E-state index is 0.0382. The zero-order valence-corrected chi connectivity index (χ0v) is 13.2. The van der Waals surface area contributed by atoms with Crippen LogP contribution in [-0.4, -0.2) is 37.3 Å². The molecule has 1 unspecified atom stereocenters. The van der Waals surface area contributed by atoms with Gasteiger partial charge in [0, 0.05) is 11.8 Å². The molecule has 2 heterocycles. The van der Waals surface area contributed by atoms with Crippen LogP contribution < -0.4 is 5.32 Å². The third-order valence-corrected chi connectivity index (χ3v) is 3.71. The van der Waals surface area contributed by atoms with E-state index in [9.17, 15) is 5.11 Å². The van der Waals surface area contributed by atoms with Gasteiger partial charge in [-0.25, -0.2) is 4.98 Å². The Morgan fingerprint density at radius 3 is 2.83 bits per heavy atom. The summed E-state index contributed by atoms with van der Waals surface area (Å²) in [5, 5.41) is 17.3. The first-order valence-corrected chi connectivity index (χ1v) is 7.91. The molecule has 0 radical (unpaired) electrons. The van der Waals surface area contributed by atoms with Crippen LogP contribution in [0.5, 0.6) is 0 Å². The third-order valence-electron chi connectivity index (χ3n) is 3.71. The van der Waals surface area contributed by atoms with E-state index in [4.69, 9.17) is 0 Å². The Morgan fingerprint density at radius 1 is 1.26 bits per heavy atom. The van der Waals surface area contributed by atoms with Gasteiger partial charge in [0.25, 0.3) is 5.78 Å². The fourth-order valence-corrected chi connectivity index (χ4v) is 2.62. The maximum absolute atomic E-state index is 9.72. The lowest BCUT2D eigenvalue weighted by molar-refractivity contribution is 0.273. The van der Waals surface area contributed by atoms with Crippen molar-refractivity contribution in [2.45, 2.75) is 32.2 Å². The molecule has 0 spiro atoms. The van der Waals surface area contributed by atoms with E-state index in [1.807, 2.05) is 24.3 Å². The fourth-order valence-electron chi connectivity index (χ4n) is 2.62. The second-order valence-electron chi connectivity index (χ2n) is 5.57. The molecule has 23 heavy (non-hydrogen) atoms. The van der Waals surface area contributed by atoms with E-state index in [1.54, 1.807) is 4.52 Å². The van der Waals surface area contributed by atoms with Gasteiger partial charge in [-0.3, -0.25) is 0 Å². The molecule has 2 aromatic heterocycles. The lowest BCUT2D eigenvalue weighted by Crippen LogP contribution is -2.27. The van der Waals surface area contributed by atoms with E-state index in [1.165, 1.54) is 11.9 Å². The number of nitrogens with one attached hydrogen (secondary N) is 1. The summed E-state index contributed by atoms with van der Waals surface area (Å²) in [5.41, 5.74) is 2.16. The molecule has 0 saturated heterocycles. The van der Waals surface area contributed by atoms with Crippen LogP contribution in [0.15, 0.2) is 42.7 Å². The Hall–Kier alpha value is -2.47. The number of aliphatic hydroxyl groups is 1. The number of aryl methyl sites for hydroxylation is 1. The molecule has 1 aromatic carbocycles. The maximum atomic E-state index is 9.72. The molecular weight excluding hydrogens is 290 g/mol. The molecule has 0 saturated carbocycles. The van der Waals surface area contributed by atoms with Crippen LogP contribution in [-0.2, 0) is 12.8 Å². The average Bonchev–Trinajstić information content (AvgIpc) is 3.04. The SMILES string of the molecule is CCCc1cc(NC(CO)Cc2ccccc2)n2ncnc2n1. The van der Waals surface area contributed by atoms with Crippen molar-refractivity contribution in [3.63, 3.8) is 0 Å². The second kappa shape index (κ2) is 7.19. The van der Waals surface area contributed by atoms with E-state index < -0.39 is 0 Å². The van der Waals surface area contributed by atoms with Crippen LogP contribution in [0.4, 0.5) is 5.82 Å². The lowest BCUT2D eigenvalue weighted by Gasteiger charge is -2.18. The van der Waals surface area contributed by atoms with E-state index in [0.717, 1.165) is 30.8 Å². The Morgan fingerprint density at radius 2 is 2.09 bits per heavy atom. The van der Waals surface area contributed by atoms with Crippen LogP contribution in [0.3, 0.4) is 0 Å². The number of fused-ring (bicyclic) bond motifs is 1. The van der Waals surface area contributed by atoms with E-state index in [2.05, 4.69) is 39.4 Å². The number of anilines is 1. The van der Waals surface area contributed by atoms with E-state index in [-0.39, 0.29) is 12.6 Å². The van der Waals surface area contributed by atoms with Crippen molar-refractivity contribution >= 4 is 11.6 Å². The minimum Gasteiger partial charge on any atom is -0.394 e. The molecule has 3 aromatic rings. The number of benzene rings is 1. The summed E-state index contributed by atoms with van der Waals surface area (Å²) in [4.78, 5) is 8.67. The van der Waals surface area contributed by atoms with Crippen LogP contribution in [0, 0.1) is 0 Å². The lowest BCUT2D eigenvalue weighted by atomic mass is 10.1. The largest absolute Gasteiger partial charge is 0.394 e. The highest BCUT2D eigenvalue weighted by molar-refractivity contribution is 5.46. The van der Waals surface area contributed by atoms with Crippen LogP contribution in [0.25, 0.3) is 5.78 Å². The van der Waals surface area contributed by atoms with Crippen molar-refractivity contribution in [1.29, 1.82) is 0 Å². The standard InChI is InChI=1S/C17H21N5O/c1-2-6-14-10-16(22-17(21-14)18-12-19-22)20-15(11-23)9-13-7-4-3-5-8-13/h3-5,7-8,10,12,15,20,23H,2,6,9,11H2,1H3. The molecule has 6 nitrogen and oxygen atoms in total. The van der Waals surface area contributed by atoms with Gasteiger partial charge < -0.3 is 10.4 Å². The monoisotopic (exact) mass is 311 g/mol. The van der Waals surface area contributed by atoms with Crippen LogP contribution in [0.2, 0.25) is 0 Å². The van der Waals surface area contributed by atoms with Crippen molar-refractivity contribution in [3.05, 3.63) is 54.0 Å². The van der Waals surface area contributed by atoms with Crippen molar-refractivity contribution in [2.75, 3.05) is 11.9 Å².